The summed E-state index contributed by atoms with van der Waals surface area (Å²) in [4.78, 5) is 0. The van der Waals surface area contributed by atoms with Gasteiger partial charge in [-0.2, -0.15) is 17.0 Å². The SMILES string of the molecule is CSCC(C)Nc1cc(Br)ccc1C#N. The van der Waals surface area contributed by atoms with E-state index >= 15 is 0 Å². The quantitative estimate of drug-likeness (QED) is 0.920. The Kier molecular flexibility index (Phi) is 5.00. The number of hydrogen-bond acceptors (Lipinski definition) is 3. The van der Waals surface area contributed by atoms with Crippen molar-refractivity contribution < 1.29 is 0 Å². The third kappa shape index (κ3) is 3.77. The van der Waals surface area contributed by atoms with Gasteiger partial charge >= 0.3 is 0 Å². The van der Waals surface area contributed by atoms with E-state index in [2.05, 4.69) is 40.5 Å². The number of nitriles is 1. The molecule has 0 saturated heterocycles. The highest BCUT2D eigenvalue weighted by Gasteiger charge is 2.06. The maximum absolute atomic E-state index is 8.94. The van der Waals surface area contributed by atoms with E-state index in [9.17, 15) is 0 Å². The number of halogens is 1. The van der Waals surface area contributed by atoms with Gasteiger partial charge in [-0.15, -0.1) is 0 Å². The molecule has 2 nitrogen and oxygen atoms in total. The predicted molar refractivity (Wildman–Crippen MR) is 70.3 cm³/mol. The summed E-state index contributed by atoms with van der Waals surface area (Å²) in [5, 5.41) is 12.3. The van der Waals surface area contributed by atoms with E-state index in [1.807, 2.05) is 18.2 Å². The fourth-order valence-electron chi connectivity index (χ4n) is 1.29. The molecule has 0 saturated carbocycles. The summed E-state index contributed by atoms with van der Waals surface area (Å²) in [6.07, 6.45) is 2.07. The van der Waals surface area contributed by atoms with Crippen LogP contribution in [0.2, 0.25) is 0 Å². The molecule has 1 N–H and O–H groups in total. The average Bonchev–Trinajstić information content (AvgIpc) is 2.18. The van der Waals surface area contributed by atoms with Gasteiger partial charge in [0.1, 0.15) is 6.07 Å². The van der Waals surface area contributed by atoms with Crippen LogP contribution in [0.4, 0.5) is 5.69 Å². The lowest BCUT2D eigenvalue weighted by Crippen LogP contribution is -2.18. The molecule has 0 aliphatic carbocycles. The van der Waals surface area contributed by atoms with Crippen molar-refractivity contribution in [2.75, 3.05) is 17.3 Å². The number of anilines is 1. The summed E-state index contributed by atoms with van der Waals surface area (Å²) < 4.78 is 0.986. The smallest absolute Gasteiger partial charge is 0.101 e. The van der Waals surface area contributed by atoms with Crippen molar-refractivity contribution in [2.24, 2.45) is 0 Å². The molecule has 0 heterocycles. The van der Waals surface area contributed by atoms with Crippen molar-refractivity contribution in [3.63, 3.8) is 0 Å². The summed E-state index contributed by atoms with van der Waals surface area (Å²) in [5.74, 6) is 1.03. The molecular weight excluding hydrogens is 272 g/mol. The Hall–Kier alpha value is -0.660. The lowest BCUT2D eigenvalue weighted by Gasteiger charge is -2.15. The molecule has 0 aliphatic heterocycles. The predicted octanol–water partition coefficient (Wildman–Crippen LogP) is 3.48. The number of rotatable bonds is 4. The van der Waals surface area contributed by atoms with E-state index in [0.717, 1.165) is 15.9 Å². The molecule has 0 aromatic heterocycles. The second-order valence-electron chi connectivity index (χ2n) is 3.30. The molecule has 0 fully saturated rings. The monoisotopic (exact) mass is 284 g/mol. The molecule has 15 heavy (non-hydrogen) atoms. The zero-order valence-corrected chi connectivity index (χ0v) is 11.2. The van der Waals surface area contributed by atoms with Crippen LogP contribution in [0.25, 0.3) is 0 Å². The fraction of sp³-hybridized carbons (Fsp3) is 0.364. The van der Waals surface area contributed by atoms with E-state index in [4.69, 9.17) is 5.26 Å². The first-order valence-electron chi connectivity index (χ1n) is 4.62. The fourth-order valence-corrected chi connectivity index (χ4v) is 2.23. The van der Waals surface area contributed by atoms with Crippen LogP contribution in [0.15, 0.2) is 22.7 Å². The van der Waals surface area contributed by atoms with E-state index in [0.29, 0.717) is 11.6 Å². The average molecular weight is 285 g/mol. The molecule has 4 heteroatoms. The van der Waals surface area contributed by atoms with E-state index in [1.54, 1.807) is 11.8 Å². The molecule has 0 spiro atoms. The first-order chi connectivity index (χ1) is 7.17. The summed E-state index contributed by atoms with van der Waals surface area (Å²) >= 11 is 5.19. The van der Waals surface area contributed by atoms with Gasteiger partial charge in [-0.1, -0.05) is 15.9 Å². The highest BCUT2D eigenvalue weighted by atomic mass is 79.9. The highest BCUT2D eigenvalue weighted by Crippen LogP contribution is 2.21. The Morgan fingerprint density at radius 3 is 2.93 bits per heavy atom. The molecule has 1 unspecified atom stereocenters. The minimum atomic E-state index is 0.362. The number of hydrogen-bond donors (Lipinski definition) is 1. The minimum absolute atomic E-state index is 0.362. The Morgan fingerprint density at radius 1 is 1.60 bits per heavy atom. The summed E-state index contributed by atoms with van der Waals surface area (Å²) in [7, 11) is 0. The van der Waals surface area contributed by atoms with Gasteiger partial charge in [-0.25, -0.2) is 0 Å². The molecule has 1 aromatic rings. The normalized spacial score (nSPS) is 11.9. The molecule has 80 valence electrons. The van der Waals surface area contributed by atoms with E-state index in [1.165, 1.54) is 0 Å². The van der Waals surface area contributed by atoms with Crippen molar-refractivity contribution >= 4 is 33.4 Å². The summed E-state index contributed by atoms with van der Waals surface area (Å²) in [6.45, 7) is 2.11. The number of nitrogens with zero attached hydrogens (tertiary/aromatic N) is 1. The van der Waals surface area contributed by atoms with E-state index in [-0.39, 0.29) is 0 Å². The van der Waals surface area contributed by atoms with Crippen molar-refractivity contribution in [1.29, 1.82) is 5.26 Å². The summed E-state index contributed by atoms with van der Waals surface area (Å²) in [6, 6.07) is 8.18. The third-order valence-corrected chi connectivity index (χ3v) is 3.25. The van der Waals surface area contributed by atoms with Gasteiger partial charge in [0.2, 0.25) is 0 Å². The first-order valence-corrected chi connectivity index (χ1v) is 6.81. The van der Waals surface area contributed by atoms with Crippen LogP contribution in [0.3, 0.4) is 0 Å². The van der Waals surface area contributed by atoms with Gasteiger partial charge in [-0.3, -0.25) is 0 Å². The van der Waals surface area contributed by atoms with Crippen molar-refractivity contribution in [3.8, 4) is 6.07 Å². The van der Waals surface area contributed by atoms with Gasteiger partial charge in [0.25, 0.3) is 0 Å². The van der Waals surface area contributed by atoms with Crippen LogP contribution in [0, 0.1) is 11.3 Å². The highest BCUT2D eigenvalue weighted by molar-refractivity contribution is 9.10. The van der Waals surface area contributed by atoms with Crippen molar-refractivity contribution in [2.45, 2.75) is 13.0 Å². The van der Waals surface area contributed by atoms with Gasteiger partial charge in [-0.05, 0) is 31.4 Å². The van der Waals surface area contributed by atoms with Gasteiger partial charge in [0.15, 0.2) is 0 Å². The Balaban J connectivity index is 2.83. The number of thioether (sulfide) groups is 1. The molecule has 0 aliphatic rings. The maximum Gasteiger partial charge on any atom is 0.101 e. The molecule has 1 aromatic carbocycles. The standard InChI is InChI=1S/C11H13BrN2S/c1-8(7-15-2)14-11-5-10(12)4-3-9(11)6-13/h3-5,8,14H,7H2,1-2H3. The van der Waals surface area contributed by atoms with Crippen LogP contribution >= 0.6 is 27.7 Å². The van der Waals surface area contributed by atoms with Crippen LogP contribution in [0.1, 0.15) is 12.5 Å². The lowest BCUT2D eigenvalue weighted by atomic mass is 10.2. The molecule has 1 rings (SSSR count). The minimum Gasteiger partial charge on any atom is -0.381 e. The molecule has 0 amide bonds. The van der Waals surface area contributed by atoms with Crippen LogP contribution in [-0.4, -0.2) is 18.1 Å². The molecule has 0 bridgehead atoms. The molecule has 1 atom stereocenters. The van der Waals surface area contributed by atoms with Gasteiger partial charge in [0, 0.05) is 16.3 Å². The Bertz CT molecular complexity index is 373. The third-order valence-electron chi connectivity index (χ3n) is 1.92. The van der Waals surface area contributed by atoms with Crippen LogP contribution in [0.5, 0.6) is 0 Å². The van der Waals surface area contributed by atoms with Gasteiger partial charge in [0.05, 0.1) is 11.3 Å². The Labute approximate surface area is 103 Å². The molecule has 0 radical (unpaired) electrons. The van der Waals surface area contributed by atoms with Crippen LogP contribution in [-0.2, 0) is 0 Å². The summed E-state index contributed by atoms with van der Waals surface area (Å²) in [5.41, 5.74) is 1.58. The Morgan fingerprint density at radius 2 is 2.33 bits per heavy atom. The van der Waals surface area contributed by atoms with E-state index < -0.39 is 0 Å². The second-order valence-corrected chi connectivity index (χ2v) is 5.13. The number of benzene rings is 1. The van der Waals surface area contributed by atoms with Gasteiger partial charge < -0.3 is 5.32 Å². The van der Waals surface area contributed by atoms with Crippen LogP contribution < -0.4 is 5.32 Å². The lowest BCUT2D eigenvalue weighted by molar-refractivity contribution is 0.913. The number of nitrogens with one attached hydrogen (secondary N) is 1. The first kappa shape index (κ1) is 12.4. The largest absolute Gasteiger partial charge is 0.381 e. The zero-order chi connectivity index (χ0) is 11.3. The van der Waals surface area contributed by atoms with Crippen molar-refractivity contribution in [1.82, 2.24) is 0 Å². The maximum atomic E-state index is 8.94. The van der Waals surface area contributed by atoms with Crippen molar-refractivity contribution in [3.05, 3.63) is 28.2 Å². The second kappa shape index (κ2) is 6.04. The molecular formula is C11H13BrN2S. The topological polar surface area (TPSA) is 35.8 Å². The zero-order valence-electron chi connectivity index (χ0n) is 8.75.